The lowest BCUT2D eigenvalue weighted by molar-refractivity contribution is -0.116. The predicted molar refractivity (Wildman–Crippen MR) is 78.3 cm³/mol. The van der Waals surface area contributed by atoms with E-state index in [-0.39, 0.29) is 18.4 Å². The van der Waals surface area contributed by atoms with Crippen molar-refractivity contribution in [3.63, 3.8) is 0 Å². The van der Waals surface area contributed by atoms with Gasteiger partial charge in [-0.1, -0.05) is 32.0 Å². The number of hydrogen-bond donors (Lipinski definition) is 2. The molecule has 0 radical (unpaired) electrons. The van der Waals surface area contributed by atoms with Gasteiger partial charge in [-0.3, -0.25) is 4.79 Å². The maximum atomic E-state index is 12.1. The predicted octanol–water partition coefficient (Wildman–Crippen LogP) is 1.62. The zero-order valence-electron chi connectivity index (χ0n) is 11.8. The fraction of sp³-hybridized carbons (Fsp3) is 0.357. The van der Waals surface area contributed by atoms with Gasteiger partial charge in [0, 0.05) is 5.69 Å². The summed E-state index contributed by atoms with van der Waals surface area (Å²) >= 11 is 0. The lowest BCUT2D eigenvalue weighted by Gasteiger charge is -2.14. The zero-order chi connectivity index (χ0) is 14.5. The summed E-state index contributed by atoms with van der Waals surface area (Å²) in [6, 6.07) is 6.08. The first kappa shape index (κ1) is 14.0. The molecule has 106 valence electrons. The third kappa shape index (κ3) is 3.14. The Bertz CT molecular complexity index is 583. The summed E-state index contributed by atoms with van der Waals surface area (Å²) in [6.45, 7) is 4.25. The number of rotatable bonds is 5. The van der Waals surface area contributed by atoms with Crippen LogP contribution in [0.15, 0.2) is 24.5 Å². The molecule has 2 aromatic rings. The second kappa shape index (κ2) is 6.18. The monoisotopic (exact) mass is 273 g/mol. The first-order valence-corrected chi connectivity index (χ1v) is 6.69. The number of para-hydroxylation sites is 1. The van der Waals surface area contributed by atoms with E-state index in [9.17, 15) is 4.79 Å². The minimum absolute atomic E-state index is 0.103. The molecule has 1 aromatic carbocycles. The van der Waals surface area contributed by atoms with Crippen molar-refractivity contribution in [2.45, 2.75) is 33.2 Å². The molecule has 3 N–H and O–H groups in total. The summed E-state index contributed by atoms with van der Waals surface area (Å²) in [7, 11) is 0. The molecule has 1 heterocycles. The van der Waals surface area contributed by atoms with Gasteiger partial charge in [0.1, 0.15) is 12.9 Å². The van der Waals surface area contributed by atoms with Crippen molar-refractivity contribution >= 4 is 17.5 Å². The van der Waals surface area contributed by atoms with Crippen LogP contribution in [0.25, 0.3) is 0 Å². The van der Waals surface area contributed by atoms with Gasteiger partial charge in [-0.25, -0.2) is 9.67 Å². The average molecular weight is 273 g/mol. The van der Waals surface area contributed by atoms with Crippen LogP contribution in [0.5, 0.6) is 0 Å². The average Bonchev–Trinajstić information content (AvgIpc) is 2.84. The van der Waals surface area contributed by atoms with Gasteiger partial charge in [0.25, 0.3) is 0 Å². The van der Waals surface area contributed by atoms with Gasteiger partial charge < -0.3 is 11.1 Å². The Labute approximate surface area is 118 Å². The van der Waals surface area contributed by atoms with E-state index in [2.05, 4.69) is 29.2 Å². The molecule has 0 aliphatic carbocycles. The van der Waals surface area contributed by atoms with Crippen LogP contribution in [0.3, 0.4) is 0 Å². The molecular weight excluding hydrogens is 254 g/mol. The highest BCUT2D eigenvalue weighted by molar-refractivity contribution is 5.92. The summed E-state index contributed by atoms with van der Waals surface area (Å²) in [4.78, 5) is 15.9. The summed E-state index contributed by atoms with van der Waals surface area (Å²) in [6.07, 6.45) is 3.20. The Morgan fingerprint density at radius 3 is 2.45 bits per heavy atom. The highest BCUT2D eigenvalue weighted by atomic mass is 16.2. The van der Waals surface area contributed by atoms with E-state index >= 15 is 0 Å². The summed E-state index contributed by atoms with van der Waals surface area (Å²) < 4.78 is 1.42. The fourth-order valence-corrected chi connectivity index (χ4v) is 2.11. The number of aryl methyl sites for hydroxylation is 2. The smallest absolute Gasteiger partial charge is 0.246 e. The Kier molecular flexibility index (Phi) is 4.34. The lowest BCUT2D eigenvalue weighted by Crippen LogP contribution is -2.20. The zero-order valence-corrected chi connectivity index (χ0v) is 11.8. The molecule has 1 aromatic heterocycles. The molecule has 2 rings (SSSR count). The van der Waals surface area contributed by atoms with Gasteiger partial charge >= 0.3 is 0 Å². The Morgan fingerprint density at radius 2 is 1.95 bits per heavy atom. The highest BCUT2D eigenvalue weighted by Gasteiger charge is 2.11. The van der Waals surface area contributed by atoms with Crippen LogP contribution in [0, 0.1) is 0 Å². The number of carbonyl (C=O) groups is 1. The number of carbonyl (C=O) groups excluding carboxylic acids is 1. The molecule has 6 heteroatoms. The van der Waals surface area contributed by atoms with Crippen LogP contribution in [-0.2, 0) is 24.2 Å². The highest BCUT2D eigenvalue weighted by Crippen LogP contribution is 2.22. The van der Waals surface area contributed by atoms with E-state index in [4.69, 9.17) is 5.73 Å². The largest absolute Gasteiger partial charge is 0.367 e. The SMILES string of the molecule is CCc1cccc(CC)c1NC(=O)Cn1cnc(N)n1. The molecular formula is C14H19N5O. The van der Waals surface area contributed by atoms with Crippen molar-refractivity contribution in [2.75, 3.05) is 11.1 Å². The van der Waals surface area contributed by atoms with Crippen molar-refractivity contribution in [2.24, 2.45) is 0 Å². The van der Waals surface area contributed by atoms with E-state index in [0.717, 1.165) is 29.7 Å². The summed E-state index contributed by atoms with van der Waals surface area (Å²) in [5, 5.41) is 6.87. The molecule has 0 bridgehead atoms. The number of benzene rings is 1. The van der Waals surface area contributed by atoms with Gasteiger partial charge in [0.05, 0.1) is 0 Å². The number of nitrogen functional groups attached to an aromatic ring is 1. The van der Waals surface area contributed by atoms with Gasteiger partial charge in [-0.05, 0) is 24.0 Å². The summed E-state index contributed by atoms with van der Waals surface area (Å²) in [5.41, 5.74) is 8.61. The van der Waals surface area contributed by atoms with E-state index in [1.807, 2.05) is 18.2 Å². The first-order chi connectivity index (χ1) is 9.63. The third-order valence-corrected chi connectivity index (χ3v) is 3.12. The molecule has 20 heavy (non-hydrogen) atoms. The van der Waals surface area contributed by atoms with Crippen LogP contribution < -0.4 is 11.1 Å². The van der Waals surface area contributed by atoms with Gasteiger partial charge in [-0.15, -0.1) is 5.10 Å². The maximum absolute atomic E-state index is 12.1. The number of aromatic nitrogens is 3. The van der Waals surface area contributed by atoms with E-state index in [1.54, 1.807) is 0 Å². The van der Waals surface area contributed by atoms with Crippen molar-refractivity contribution in [1.82, 2.24) is 14.8 Å². The van der Waals surface area contributed by atoms with Crippen LogP contribution in [0.4, 0.5) is 11.6 Å². The van der Waals surface area contributed by atoms with E-state index < -0.39 is 0 Å². The van der Waals surface area contributed by atoms with Crippen molar-refractivity contribution in [3.8, 4) is 0 Å². The minimum atomic E-state index is -0.134. The van der Waals surface area contributed by atoms with E-state index in [1.165, 1.54) is 11.0 Å². The molecule has 0 spiro atoms. The number of amides is 1. The minimum Gasteiger partial charge on any atom is -0.367 e. The van der Waals surface area contributed by atoms with Gasteiger partial charge in [0.15, 0.2) is 0 Å². The number of hydrogen-bond acceptors (Lipinski definition) is 4. The molecule has 0 fully saturated rings. The molecule has 0 saturated carbocycles. The molecule has 0 aliphatic rings. The second-order valence-corrected chi connectivity index (χ2v) is 4.51. The summed E-state index contributed by atoms with van der Waals surface area (Å²) in [5.74, 6) is 0.0338. The van der Waals surface area contributed by atoms with E-state index in [0.29, 0.717) is 0 Å². The normalized spacial score (nSPS) is 10.5. The Balaban J connectivity index is 2.14. The second-order valence-electron chi connectivity index (χ2n) is 4.51. The molecule has 0 saturated heterocycles. The molecule has 0 aliphatic heterocycles. The molecule has 0 unspecified atom stereocenters. The van der Waals surface area contributed by atoms with Crippen molar-refractivity contribution in [1.29, 1.82) is 0 Å². The van der Waals surface area contributed by atoms with Crippen LogP contribution in [0.1, 0.15) is 25.0 Å². The van der Waals surface area contributed by atoms with Crippen molar-refractivity contribution in [3.05, 3.63) is 35.7 Å². The fourth-order valence-electron chi connectivity index (χ4n) is 2.11. The van der Waals surface area contributed by atoms with Gasteiger partial charge in [-0.2, -0.15) is 0 Å². The first-order valence-electron chi connectivity index (χ1n) is 6.69. The lowest BCUT2D eigenvalue weighted by atomic mass is 10.0. The van der Waals surface area contributed by atoms with Crippen LogP contribution in [0.2, 0.25) is 0 Å². The van der Waals surface area contributed by atoms with Crippen molar-refractivity contribution < 1.29 is 4.79 Å². The van der Waals surface area contributed by atoms with Crippen LogP contribution >= 0.6 is 0 Å². The molecule has 1 amide bonds. The number of anilines is 2. The Hall–Kier alpha value is -2.37. The van der Waals surface area contributed by atoms with Crippen LogP contribution in [-0.4, -0.2) is 20.7 Å². The number of nitrogens with two attached hydrogens (primary N) is 1. The number of nitrogens with zero attached hydrogens (tertiary/aromatic N) is 3. The topological polar surface area (TPSA) is 85.8 Å². The number of nitrogens with one attached hydrogen (secondary N) is 1. The quantitative estimate of drug-likeness (QED) is 0.866. The molecule has 0 atom stereocenters. The molecule has 6 nitrogen and oxygen atoms in total. The third-order valence-electron chi connectivity index (χ3n) is 3.12. The van der Waals surface area contributed by atoms with Gasteiger partial charge in [0.2, 0.25) is 11.9 Å². The Morgan fingerprint density at radius 1 is 1.30 bits per heavy atom. The standard InChI is InChI=1S/C14H19N5O/c1-3-10-6-5-7-11(4-2)13(10)17-12(20)8-19-9-16-14(15)18-19/h5-7,9H,3-4,8H2,1-2H3,(H2,15,18)(H,17,20). The maximum Gasteiger partial charge on any atom is 0.246 e.